The highest BCUT2D eigenvalue weighted by Crippen LogP contribution is 2.14. The average molecular weight is 217 g/mol. The van der Waals surface area contributed by atoms with Crippen LogP contribution in [0.3, 0.4) is 0 Å². The Morgan fingerprint density at radius 2 is 2.57 bits per heavy atom. The molecule has 5 nitrogen and oxygen atoms in total. The van der Waals surface area contributed by atoms with E-state index in [1.165, 1.54) is 0 Å². The van der Waals surface area contributed by atoms with E-state index in [0.29, 0.717) is 11.9 Å². The highest BCUT2D eigenvalue weighted by Gasteiger charge is 2.25. The number of rotatable bonds is 4. The molecule has 0 spiro atoms. The van der Waals surface area contributed by atoms with Gasteiger partial charge in [0.15, 0.2) is 5.82 Å². The summed E-state index contributed by atoms with van der Waals surface area (Å²) in [5.74, 6) is 1.62. The molecule has 14 heavy (non-hydrogen) atoms. The first-order valence-electron chi connectivity index (χ1n) is 4.50. The second-order valence-electron chi connectivity index (χ2n) is 3.22. The van der Waals surface area contributed by atoms with Crippen LogP contribution in [0.1, 0.15) is 6.92 Å². The first-order chi connectivity index (χ1) is 6.65. The lowest BCUT2D eigenvalue weighted by Crippen LogP contribution is -2.29. The fourth-order valence-corrected chi connectivity index (χ4v) is 1.83. The van der Waals surface area contributed by atoms with Gasteiger partial charge in [-0.2, -0.15) is 11.8 Å². The fourth-order valence-electron chi connectivity index (χ4n) is 1.45. The Morgan fingerprint density at radius 1 is 1.86 bits per heavy atom. The molecule has 1 fully saturated rings. The summed E-state index contributed by atoms with van der Waals surface area (Å²) in [4.78, 5) is 12.0. The highest BCUT2D eigenvalue weighted by molar-refractivity contribution is 7.98. The zero-order chi connectivity index (χ0) is 10.6. The van der Waals surface area contributed by atoms with Crippen LogP contribution in [0.15, 0.2) is 12.0 Å². The van der Waals surface area contributed by atoms with Gasteiger partial charge in [-0.05, 0) is 13.2 Å². The van der Waals surface area contributed by atoms with E-state index >= 15 is 0 Å². The van der Waals surface area contributed by atoms with Crippen LogP contribution in [0, 0.1) is 10.1 Å². The van der Waals surface area contributed by atoms with Crippen LogP contribution in [0.25, 0.3) is 0 Å². The zero-order valence-corrected chi connectivity index (χ0v) is 9.21. The average Bonchev–Trinajstić information content (AvgIpc) is 2.44. The third-order valence-electron chi connectivity index (χ3n) is 2.18. The second-order valence-corrected chi connectivity index (χ2v) is 4.20. The molecule has 0 aromatic rings. The molecule has 1 saturated heterocycles. The third kappa shape index (κ3) is 2.80. The number of nitrogens with zero attached hydrogens (tertiary/aromatic N) is 2. The van der Waals surface area contributed by atoms with Gasteiger partial charge in [-0.1, -0.05) is 0 Å². The lowest BCUT2D eigenvalue weighted by molar-refractivity contribution is -0.404. The summed E-state index contributed by atoms with van der Waals surface area (Å²) in [6.07, 6.45) is 3.08. The number of nitrogens with one attached hydrogen (secondary N) is 1. The molecule has 0 aliphatic carbocycles. The molecule has 1 atom stereocenters. The van der Waals surface area contributed by atoms with Crippen LogP contribution in [-0.2, 0) is 0 Å². The van der Waals surface area contributed by atoms with Crippen molar-refractivity contribution in [1.29, 1.82) is 0 Å². The van der Waals surface area contributed by atoms with Gasteiger partial charge in [0.05, 0.1) is 4.92 Å². The van der Waals surface area contributed by atoms with Gasteiger partial charge in [-0.25, -0.2) is 0 Å². The minimum absolute atomic E-state index is 0.341. The van der Waals surface area contributed by atoms with Crippen LogP contribution in [0.5, 0.6) is 0 Å². The van der Waals surface area contributed by atoms with Crippen molar-refractivity contribution in [3.05, 3.63) is 22.1 Å². The van der Waals surface area contributed by atoms with Gasteiger partial charge >= 0.3 is 0 Å². The summed E-state index contributed by atoms with van der Waals surface area (Å²) in [5, 5.41) is 13.4. The van der Waals surface area contributed by atoms with Crippen molar-refractivity contribution >= 4 is 11.8 Å². The summed E-state index contributed by atoms with van der Waals surface area (Å²) < 4.78 is 0. The minimum atomic E-state index is -0.410. The first kappa shape index (κ1) is 11.2. The predicted octanol–water partition coefficient (Wildman–Crippen LogP) is 0.719. The summed E-state index contributed by atoms with van der Waals surface area (Å²) in [6.45, 7) is 3.71. The Kier molecular flexibility index (Phi) is 4.06. The second kappa shape index (κ2) is 5.09. The maximum atomic E-state index is 10.3. The summed E-state index contributed by atoms with van der Waals surface area (Å²) in [5.41, 5.74) is 0. The molecule has 0 bridgehead atoms. The van der Waals surface area contributed by atoms with E-state index in [0.717, 1.165) is 25.0 Å². The Labute approximate surface area is 87.7 Å². The lowest BCUT2D eigenvalue weighted by atomic mass is 10.3. The molecule has 1 N–H and O–H groups in total. The predicted molar refractivity (Wildman–Crippen MR) is 57.6 cm³/mol. The summed E-state index contributed by atoms with van der Waals surface area (Å²) in [6, 6.07) is 0.341. The van der Waals surface area contributed by atoms with Gasteiger partial charge in [0.1, 0.15) is 0 Å². The van der Waals surface area contributed by atoms with Gasteiger partial charge in [0.2, 0.25) is 0 Å². The van der Waals surface area contributed by atoms with Gasteiger partial charge in [0, 0.05) is 24.9 Å². The van der Waals surface area contributed by atoms with Crippen molar-refractivity contribution < 1.29 is 4.92 Å². The van der Waals surface area contributed by atoms with Crippen molar-refractivity contribution in [3.8, 4) is 0 Å². The molecule has 1 heterocycles. The maximum absolute atomic E-state index is 10.3. The van der Waals surface area contributed by atoms with Crippen molar-refractivity contribution in [2.45, 2.75) is 13.0 Å². The molecule has 0 amide bonds. The molecule has 1 aliphatic heterocycles. The Bertz CT molecular complexity index is 245. The topological polar surface area (TPSA) is 58.4 Å². The molecule has 0 aromatic carbocycles. The van der Waals surface area contributed by atoms with E-state index in [1.54, 1.807) is 11.8 Å². The van der Waals surface area contributed by atoms with Crippen LogP contribution in [-0.4, -0.2) is 41.0 Å². The molecule has 1 aliphatic rings. The zero-order valence-electron chi connectivity index (χ0n) is 8.40. The molecule has 0 saturated carbocycles. The van der Waals surface area contributed by atoms with Gasteiger partial charge in [-0.15, -0.1) is 0 Å². The summed E-state index contributed by atoms with van der Waals surface area (Å²) >= 11 is 1.74. The number of hydrogen-bond acceptors (Lipinski definition) is 5. The molecule has 0 aromatic heterocycles. The van der Waals surface area contributed by atoms with E-state index in [1.807, 2.05) is 11.2 Å². The molecule has 6 heteroatoms. The first-order valence-corrected chi connectivity index (χ1v) is 5.89. The molecule has 80 valence electrons. The van der Waals surface area contributed by atoms with E-state index in [9.17, 15) is 10.1 Å². The highest BCUT2D eigenvalue weighted by atomic mass is 32.2. The van der Waals surface area contributed by atoms with Crippen molar-refractivity contribution in [2.24, 2.45) is 0 Å². The largest absolute Gasteiger partial charge is 0.365 e. The third-order valence-corrected chi connectivity index (χ3v) is 2.77. The van der Waals surface area contributed by atoms with Crippen LogP contribution in [0.2, 0.25) is 0 Å². The molecule has 0 radical (unpaired) electrons. The fraction of sp³-hybridized carbons (Fsp3) is 0.750. The molecule has 1 rings (SSSR count). The molecular formula is C8H15N3O2S. The van der Waals surface area contributed by atoms with Crippen molar-refractivity contribution in [2.75, 3.05) is 25.1 Å². The van der Waals surface area contributed by atoms with Crippen LogP contribution >= 0.6 is 11.8 Å². The smallest absolute Gasteiger partial charge is 0.274 e. The van der Waals surface area contributed by atoms with Crippen LogP contribution in [0.4, 0.5) is 0 Å². The van der Waals surface area contributed by atoms with E-state index in [4.69, 9.17) is 0 Å². The minimum Gasteiger partial charge on any atom is -0.365 e. The Hall–Kier alpha value is -0.910. The van der Waals surface area contributed by atoms with E-state index in [-0.39, 0.29) is 0 Å². The van der Waals surface area contributed by atoms with Crippen LogP contribution < -0.4 is 5.32 Å². The van der Waals surface area contributed by atoms with Crippen molar-refractivity contribution in [1.82, 2.24) is 10.2 Å². The SMILES string of the molecule is CSCCN1C(=C[N+](=O)[O-])NCC1C. The summed E-state index contributed by atoms with van der Waals surface area (Å²) in [7, 11) is 0. The van der Waals surface area contributed by atoms with Gasteiger partial charge in [0.25, 0.3) is 6.20 Å². The van der Waals surface area contributed by atoms with E-state index in [2.05, 4.69) is 12.2 Å². The van der Waals surface area contributed by atoms with Crippen molar-refractivity contribution in [3.63, 3.8) is 0 Å². The molecule has 1 unspecified atom stereocenters. The Balaban J connectivity index is 2.61. The number of thioether (sulfide) groups is 1. The molecular weight excluding hydrogens is 202 g/mol. The van der Waals surface area contributed by atoms with E-state index < -0.39 is 4.92 Å². The number of hydrogen-bond donors (Lipinski definition) is 1. The lowest BCUT2D eigenvalue weighted by Gasteiger charge is -2.21. The van der Waals surface area contributed by atoms with Gasteiger partial charge in [-0.3, -0.25) is 10.1 Å². The maximum Gasteiger partial charge on any atom is 0.274 e. The van der Waals surface area contributed by atoms with Gasteiger partial charge < -0.3 is 10.2 Å². The number of nitro groups is 1. The monoisotopic (exact) mass is 217 g/mol. The Morgan fingerprint density at radius 3 is 3.14 bits per heavy atom. The standard InChI is InChI=1S/C8H15N3O2S/c1-7-5-9-8(6-11(12)13)10(7)3-4-14-2/h6-7,9H,3-5H2,1-2H3. The quantitative estimate of drug-likeness (QED) is 0.555. The normalized spacial score (nSPS) is 24.0.